The lowest BCUT2D eigenvalue weighted by Crippen LogP contribution is -2.30. The van der Waals surface area contributed by atoms with Crippen LogP contribution in [0.3, 0.4) is 0 Å². The number of methoxy groups -OCH3 is 1. The molecule has 0 saturated heterocycles. The van der Waals surface area contributed by atoms with E-state index in [-0.39, 0.29) is 18.3 Å². The first-order valence-corrected chi connectivity index (χ1v) is 5.27. The van der Waals surface area contributed by atoms with Gasteiger partial charge in [0.05, 0.1) is 7.11 Å². The third-order valence-corrected chi connectivity index (χ3v) is 1.92. The monoisotopic (exact) mass is 240 g/mol. The lowest BCUT2D eigenvalue weighted by molar-refractivity contribution is -0.122. The van der Waals surface area contributed by atoms with Crippen molar-refractivity contribution >= 4 is 11.9 Å². The molecule has 0 aromatic carbocycles. The van der Waals surface area contributed by atoms with E-state index in [0.29, 0.717) is 12.5 Å². The highest BCUT2D eigenvalue weighted by molar-refractivity contribution is 5.84. The van der Waals surface area contributed by atoms with Gasteiger partial charge in [0, 0.05) is 6.54 Å². The van der Waals surface area contributed by atoms with Crippen LogP contribution in [0.2, 0.25) is 0 Å². The predicted octanol–water partition coefficient (Wildman–Crippen LogP) is -0.163. The number of ether oxygens (including phenoxy) is 1. The molecule has 0 unspecified atom stereocenters. The fourth-order valence-corrected chi connectivity index (χ4v) is 1.08. The minimum Gasteiger partial charge on any atom is -0.463 e. The van der Waals surface area contributed by atoms with E-state index in [1.807, 2.05) is 13.8 Å². The van der Waals surface area contributed by atoms with Gasteiger partial charge in [-0.25, -0.2) is 14.5 Å². The summed E-state index contributed by atoms with van der Waals surface area (Å²) in [5.74, 6) is -0.448. The molecule has 1 heterocycles. The Morgan fingerprint density at radius 3 is 2.82 bits per heavy atom. The highest BCUT2D eigenvalue weighted by Gasteiger charge is 2.12. The smallest absolute Gasteiger partial charge is 0.377 e. The Morgan fingerprint density at radius 2 is 2.24 bits per heavy atom. The number of hydrogen-bond acceptors (Lipinski definition) is 5. The van der Waals surface area contributed by atoms with Gasteiger partial charge in [0.25, 0.3) is 5.82 Å². The van der Waals surface area contributed by atoms with E-state index in [9.17, 15) is 9.59 Å². The summed E-state index contributed by atoms with van der Waals surface area (Å²) in [5, 5.41) is 6.56. The number of nitrogens with zero attached hydrogens (tertiary/aromatic N) is 3. The number of aromatic nitrogens is 3. The Labute approximate surface area is 99.2 Å². The van der Waals surface area contributed by atoms with Crippen LogP contribution >= 0.6 is 0 Å². The minimum atomic E-state index is -0.619. The summed E-state index contributed by atoms with van der Waals surface area (Å²) >= 11 is 0. The zero-order chi connectivity index (χ0) is 12.8. The molecule has 1 aromatic heterocycles. The number of nitrogens with one attached hydrogen (secondary N) is 1. The molecule has 0 aliphatic heterocycles. The predicted molar refractivity (Wildman–Crippen MR) is 59.2 cm³/mol. The fourth-order valence-electron chi connectivity index (χ4n) is 1.08. The standard InChI is InChI=1S/C10H16N4O3/c1-7(2)4-11-8(15)5-14-6-12-9(13-14)10(16)17-3/h6-7H,4-5H2,1-3H3,(H,11,15). The van der Waals surface area contributed by atoms with Crippen molar-refractivity contribution in [1.29, 1.82) is 0 Å². The van der Waals surface area contributed by atoms with Crippen LogP contribution in [-0.2, 0) is 16.1 Å². The number of esters is 1. The summed E-state index contributed by atoms with van der Waals surface area (Å²) in [6, 6.07) is 0. The van der Waals surface area contributed by atoms with E-state index in [1.165, 1.54) is 18.1 Å². The molecule has 0 saturated carbocycles. The largest absolute Gasteiger partial charge is 0.463 e. The van der Waals surface area contributed by atoms with Gasteiger partial charge in [0.15, 0.2) is 0 Å². The van der Waals surface area contributed by atoms with Gasteiger partial charge in [0.1, 0.15) is 12.9 Å². The molecule has 0 atom stereocenters. The molecule has 0 spiro atoms. The zero-order valence-electron chi connectivity index (χ0n) is 10.1. The van der Waals surface area contributed by atoms with Gasteiger partial charge < -0.3 is 10.1 Å². The average molecular weight is 240 g/mol. The second kappa shape index (κ2) is 5.97. The second-order valence-electron chi connectivity index (χ2n) is 3.96. The molecule has 0 aliphatic carbocycles. The van der Waals surface area contributed by atoms with Crippen molar-refractivity contribution in [2.45, 2.75) is 20.4 Å². The van der Waals surface area contributed by atoms with E-state index in [4.69, 9.17) is 0 Å². The van der Waals surface area contributed by atoms with E-state index in [2.05, 4.69) is 20.1 Å². The minimum absolute atomic E-state index is 0.0384. The summed E-state index contributed by atoms with van der Waals surface area (Å²) in [6.45, 7) is 4.66. The first-order valence-electron chi connectivity index (χ1n) is 5.27. The van der Waals surface area contributed by atoms with Gasteiger partial charge in [-0.1, -0.05) is 13.8 Å². The average Bonchev–Trinajstić information content (AvgIpc) is 2.73. The molecule has 1 rings (SSSR count). The number of carbonyl (C=O) groups is 2. The van der Waals surface area contributed by atoms with Crippen molar-refractivity contribution in [2.24, 2.45) is 5.92 Å². The van der Waals surface area contributed by atoms with Crippen molar-refractivity contribution in [2.75, 3.05) is 13.7 Å². The van der Waals surface area contributed by atoms with Gasteiger partial charge in [0.2, 0.25) is 5.91 Å². The zero-order valence-corrected chi connectivity index (χ0v) is 10.1. The van der Waals surface area contributed by atoms with Crippen molar-refractivity contribution in [1.82, 2.24) is 20.1 Å². The maximum atomic E-state index is 11.4. The molecule has 0 bridgehead atoms. The van der Waals surface area contributed by atoms with Crippen LogP contribution in [0.15, 0.2) is 6.33 Å². The Kier molecular flexibility index (Phi) is 4.62. The summed E-state index contributed by atoms with van der Waals surface area (Å²) < 4.78 is 5.75. The summed E-state index contributed by atoms with van der Waals surface area (Å²) in [6.07, 6.45) is 1.32. The Bertz CT molecular complexity index is 400. The van der Waals surface area contributed by atoms with Gasteiger partial charge in [-0.2, -0.15) is 0 Å². The molecule has 7 heteroatoms. The van der Waals surface area contributed by atoms with Gasteiger partial charge in [-0.3, -0.25) is 4.79 Å². The highest BCUT2D eigenvalue weighted by atomic mass is 16.5. The van der Waals surface area contributed by atoms with Crippen LogP contribution in [0.1, 0.15) is 24.5 Å². The van der Waals surface area contributed by atoms with Crippen LogP contribution in [0, 0.1) is 5.92 Å². The molecule has 0 aliphatic rings. The lowest BCUT2D eigenvalue weighted by atomic mass is 10.2. The molecule has 1 aromatic rings. The SMILES string of the molecule is COC(=O)c1ncn(CC(=O)NCC(C)C)n1. The normalized spacial score (nSPS) is 10.4. The van der Waals surface area contributed by atoms with Crippen molar-refractivity contribution < 1.29 is 14.3 Å². The fraction of sp³-hybridized carbons (Fsp3) is 0.600. The van der Waals surface area contributed by atoms with E-state index in [1.54, 1.807) is 0 Å². The molecule has 7 nitrogen and oxygen atoms in total. The quantitative estimate of drug-likeness (QED) is 0.722. The second-order valence-corrected chi connectivity index (χ2v) is 3.96. The topological polar surface area (TPSA) is 86.1 Å². The van der Waals surface area contributed by atoms with Crippen LogP contribution in [0.5, 0.6) is 0 Å². The van der Waals surface area contributed by atoms with Gasteiger partial charge in [-0.15, -0.1) is 5.10 Å². The Morgan fingerprint density at radius 1 is 1.53 bits per heavy atom. The number of amides is 1. The summed E-state index contributed by atoms with van der Waals surface area (Å²) in [5.41, 5.74) is 0. The van der Waals surface area contributed by atoms with Gasteiger partial charge in [-0.05, 0) is 5.92 Å². The molecule has 94 valence electrons. The summed E-state index contributed by atoms with van der Waals surface area (Å²) in [7, 11) is 1.25. The van der Waals surface area contributed by atoms with Crippen molar-refractivity contribution in [3.05, 3.63) is 12.2 Å². The molecular formula is C10H16N4O3. The first-order chi connectivity index (χ1) is 8.02. The van der Waals surface area contributed by atoms with E-state index >= 15 is 0 Å². The third-order valence-electron chi connectivity index (χ3n) is 1.92. The maximum absolute atomic E-state index is 11.4. The Balaban J connectivity index is 2.49. The lowest BCUT2D eigenvalue weighted by Gasteiger charge is -2.06. The van der Waals surface area contributed by atoms with Crippen LogP contribution in [-0.4, -0.2) is 40.3 Å². The first kappa shape index (κ1) is 13.1. The molecule has 17 heavy (non-hydrogen) atoms. The van der Waals surface area contributed by atoms with E-state index < -0.39 is 5.97 Å². The number of rotatable bonds is 5. The maximum Gasteiger partial charge on any atom is 0.377 e. The van der Waals surface area contributed by atoms with Crippen LogP contribution in [0.25, 0.3) is 0 Å². The van der Waals surface area contributed by atoms with Crippen molar-refractivity contribution in [3.63, 3.8) is 0 Å². The van der Waals surface area contributed by atoms with Gasteiger partial charge >= 0.3 is 5.97 Å². The third kappa shape index (κ3) is 4.21. The van der Waals surface area contributed by atoms with Crippen LogP contribution in [0.4, 0.5) is 0 Å². The molecule has 0 radical (unpaired) electrons. The number of hydrogen-bond donors (Lipinski definition) is 1. The van der Waals surface area contributed by atoms with Crippen molar-refractivity contribution in [3.8, 4) is 0 Å². The van der Waals surface area contributed by atoms with Crippen LogP contribution < -0.4 is 5.32 Å². The molecule has 0 fully saturated rings. The van der Waals surface area contributed by atoms with E-state index in [0.717, 1.165) is 0 Å². The molecule has 1 amide bonds. The highest BCUT2D eigenvalue weighted by Crippen LogP contribution is 1.93. The summed E-state index contributed by atoms with van der Waals surface area (Å²) in [4.78, 5) is 26.2. The number of carbonyl (C=O) groups excluding carboxylic acids is 2. The Hall–Kier alpha value is -1.92. The molecule has 1 N–H and O–H groups in total. The molecular weight excluding hydrogens is 224 g/mol.